The quantitative estimate of drug-likeness (QED) is 0.780. The minimum absolute atomic E-state index is 0.178. The van der Waals surface area contributed by atoms with Crippen LogP contribution in [0.3, 0.4) is 0 Å². The highest BCUT2D eigenvalue weighted by molar-refractivity contribution is 7.92. The van der Waals surface area contributed by atoms with Gasteiger partial charge in [-0.1, -0.05) is 17.7 Å². The fraction of sp³-hybridized carbons (Fsp3) is 0.143. The molecule has 0 aliphatic rings. The van der Waals surface area contributed by atoms with E-state index in [-0.39, 0.29) is 16.1 Å². The molecule has 0 unspecified atom stereocenters. The van der Waals surface area contributed by atoms with Gasteiger partial charge in [0, 0.05) is 0 Å². The van der Waals surface area contributed by atoms with Gasteiger partial charge in [0.05, 0.1) is 26.1 Å². The van der Waals surface area contributed by atoms with Crippen LogP contribution in [0, 0.1) is 6.92 Å². The number of anilines is 1. The number of nitrogens with one attached hydrogen (secondary N) is 1. The van der Waals surface area contributed by atoms with Gasteiger partial charge in [0.25, 0.3) is 10.0 Å². The normalized spacial score (nSPS) is 12.8. The van der Waals surface area contributed by atoms with Gasteiger partial charge in [-0.15, -0.1) is 0 Å². The molecule has 142 valence electrons. The molecule has 0 radical (unpaired) electrons. The first-order valence-corrected chi connectivity index (χ1v) is 10.2. The Hall–Kier alpha value is -1.82. The average Bonchev–Trinajstić information content (AvgIpc) is 2.47. The van der Waals surface area contributed by atoms with Crippen LogP contribution in [0.4, 0.5) is 18.9 Å². The van der Waals surface area contributed by atoms with E-state index in [4.69, 9.17) is 16.7 Å². The van der Waals surface area contributed by atoms with Gasteiger partial charge in [0.15, 0.2) is 0 Å². The van der Waals surface area contributed by atoms with Crippen molar-refractivity contribution in [2.75, 3.05) is 4.72 Å². The Morgan fingerprint density at radius 1 is 1.04 bits per heavy atom. The Morgan fingerprint density at radius 2 is 1.65 bits per heavy atom. The van der Waals surface area contributed by atoms with Crippen molar-refractivity contribution in [3.8, 4) is 0 Å². The number of rotatable bonds is 4. The highest BCUT2D eigenvalue weighted by atomic mass is 35.5. The molecule has 0 spiro atoms. The lowest BCUT2D eigenvalue weighted by Crippen LogP contribution is -2.17. The predicted octanol–water partition coefficient (Wildman–Crippen LogP) is 3.12. The molecule has 6 nitrogen and oxygen atoms in total. The van der Waals surface area contributed by atoms with Crippen molar-refractivity contribution < 1.29 is 30.0 Å². The summed E-state index contributed by atoms with van der Waals surface area (Å²) in [5, 5.41) is 4.39. The molecule has 3 N–H and O–H groups in total. The molecule has 2 aromatic rings. The third-order valence-electron chi connectivity index (χ3n) is 3.30. The third kappa shape index (κ3) is 4.47. The summed E-state index contributed by atoms with van der Waals surface area (Å²) in [5.74, 6) is 0. The zero-order valence-electron chi connectivity index (χ0n) is 13.0. The smallest absolute Gasteiger partial charge is 0.280 e. The number of benzene rings is 2. The summed E-state index contributed by atoms with van der Waals surface area (Å²) in [6.45, 7) is 1.45. The summed E-state index contributed by atoms with van der Waals surface area (Å²) < 4.78 is 88.4. The van der Waals surface area contributed by atoms with E-state index in [9.17, 15) is 30.0 Å². The summed E-state index contributed by atoms with van der Waals surface area (Å²) in [7, 11) is -8.54. The molecule has 0 saturated heterocycles. The molecule has 0 bridgehead atoms. The number of primary sulfonamides is 1. The van der Waals surface area contributed by atoms with Crippen LogP contribution in [-0.2, 0) is 26.2 Å². The van der Waals surface area contributed by atoms with Crippen LogP contribution in [0.5, 0.6) is 0 Å². The molecule has 0 aromatic heterocycles. The molecule has 0 saturated carbocycles. The molecule has 2 rings (SSSR count). The minimum Gasteiger partial charge on any atom is -0.280 e. The largest absolute Gasteiger partial charge is 0.417 e. The van der Waals surface area contributed by atoms with Gasteiger partial charge in [0.1, 0.15) is 0 Å². The van der Waals surface area contributed by atoms with Gasteiger partial charge < -0.3 is 0 Å². The van der Waals surface area contributed by atoms with Gasteiger partial charge >= 0.3 is 6.18 Å². The Labute approximate surface area is 152 Å². The molecule has 26 heavy (non-hydrogen) atoms. The Bertz CT molecular complexity index is 1070. The van der Waals surface area contributed by atoms with Crippen LogP contribution in [0.2, 0.25) is 5.02 Å². The Morgan fingerprint density at radius 3 is 2.19 bits per heavy atom. The first-order chi connectivity index (χ1) is 11.7. The maximum absolute atomic E-state index is 12.9. The number of nitrogens with two attached hydrogens (primary N) is 1. The number of hydrogen-bond acceptors (Lipinski definition) is 4. The molecule has 0 fully saturated rings. The van der Waals surface area contributed by atoms with Gasteiger partial charge in [-0.25, -0.2) is 22.0 Å². The highest BCUT2D eigenvalue weighted by Crippen LogP contribution is 2.36. The van der Waals surface area contributed by atoms with Gasteiger partial charge in [0.2, 0.25) is 10.0 Å². The fourth-order valence-corrected chi connectivity index (χ4v) is 4.18. The lowest BCUT2D eigenvalue weighted by atomic mass is 10.2. The first kappa shape index (κ1) is 20.5. The molecule has 0 heterocycles. The molecule has 0 amide bonds. The Kier molecular flexibility index (Phi) is 5.30. The summed E-state index contributed by atoms with van der Waals surface area (Å²) in [6, 6.07) is 5.63. The summed E-state index contributed by atoms with van der Waals surface area (Å²) >= 11 is 5.46. The molecular weight excluding hydrogens is 417 g/mol. The van der Waals surface area contributed by atoms with E-state index in [1.807, 2.05) is 4.72 Å². The maximum atomic E-state index is 12.9. The number of hydrogen-bond donors (Lipinski definition) is 2. The molecular formula is C14H12ClF3N2O4S2. The standard InChI is InChI=1S/C14H12ClF3N2O4S2/c1-8-2-3-9(6-13(8)25(19,21)22)20-26(23,24)10-4-5-12(15)11(7-10)14(16,17)18/h2-7,20H,1H3,(H2,19,21,22). The highest BCUT2D eigenvalue weighted by Gasteiger charge is 2.34. The summed E-state index contributed by atoms with van der Waals surface area (Å²) in [4.78, 5) is -1.00. The molecule has 0 aliphatic carbocycles. The molecule has 0 aliphatic heterocycles. The van der Waals surface area contributed by atoms with Crippen LogP contribution in [0.25, 0.3) is 0 Å². The van der Waals surface area contributed by atoms with Crippen LogP contribution < -0.4 is 9.86 Å². The van der Waals surface area contributed by atoms with Crippen molar-refractivity contribution in [1.29, 1.82) is 0 Å². The van der Waals surface area contributed by atoms with E-state index in [2.05, 4.69) is 0 Å². The summed E-state index contributed by atoms with van der Waals surface area (Å²) in [6.07, 6.45) is -4.84. The second-order valence-electron chi connectivity index (χ2n) is 5.27. The maximum Gasteiger partial charge on any atom is 0.417 e. The van der Waals surface area contributed by atoms with Crippen molar-refractivity contribution in [3.63, 3.8) is 0 Å². The molecule has 12 heteroatoms. The van der Waals surface area contributed by atoms with Crippen molar-refractivity contribution >= 4 is 37.3 Å². The Balaban J connectivity index is 2.48. The zero-order valence-corrected chi connectivity index (χ0v) is 15.4. The fourth-order valence-electron chi connectivity index (χ4n) is 2.07. The monoisotopic (exact) mass is 428 g/mol. The van der Waals surface area contributed by atoms with Crippen LogP contribution in [-0.4, -0.2) is 16.8 Å². The number of halogens is 4. The second kappa shape index (κ2) is 6.72. The second-order valence-corrected chi connectivity index (χ2v) is 8.89. The van der Waals surface area contributed by atoms with E-state index >= 15 is 0 Å². The van der Waals surface area contributed by atoms with Crippen molar-refractivity contribution in [3.05, 3.63) is 52.5 Å². The zero-order chi connectivity index (χ0) is 19.9. The third-order valence-corrected chi connectivity index (χ3v) is 6.06. The van der Waals surface area contributed by atoms with E-state index in [0.717, 1.165) is 18.2 Å². The topological polar surface area (TPSA) is 106 Å². The van der Waals surface area contributed by atoms with Crippen molar-refractivity contribution in [2.45, 2.75) is 22.9 Å². The van der Waals surface area contributed by atoms with E-state index in [1.54, 1.807) is 0 Å². The van der Waals surface area contributed by atoms with E-state index in [1.165, 1.54) is 19.1 Å². The average molecular weight is 429 g/mol. The minimum atomic E-state index is -4.84. The van der Waals surface area contributed by atoms with Crippen LogP contribution >= 0.6 is 11.6 Å². The SMILES string of the molecule is Cc1ccc(NS(=O)(=O)c2ccc(Cl)c(C(F)(F)F)c2)cc1S(N)(=O)=O. The van der Waals surface area contributed by atoms with Crippen molar-refractivity contribution in [2.24, 2.45) is 5.14 Å². The lowest BCUT2D eigenvalue weighted by Gasteiger charge is -2.13. The number of aryl methyl sites for hydroxylation is 1. The predicted molar refractivity (Wildman–Crippen MR) is 89.8 cm³/mol. The molecule has 0 atom stereocenters. The molecule has 2 aromatic carbocycles. The van der Waals surface area contributed by atoms with Crippen LogP contribution in [0.1, 0.15) is 11.1 Å². The van der Waals surface area contributed by atoms with Crippen molar-refractivity contribution in [1.82, 2.24) is 0 Å². The summed E-state index contributed by atoms with van der Waals surface area (Å²) in [5.41, 5.74) is -1.21. The van der Waals surface area contributed by atoms with E-state index in [0.29, 0.717) is 6.07 Å². The number of alkyl halides is 3. The lowest BCUT2D eigenvalue weighted by molar-refractivity contribution is -0.137. The van der Waals surface area contributed by atoms with Gasteiger partial charge in [-0.2, -0.15) is 13.2 Å². The van der Waals surface area contributed by atoms with Gasteiger partial charge in [-0.05, 0) is 42.8 Å². The number of sulfonamides is 2. The first-order valence-electron chi connectivity index (χ1n) is 6.75. The van der Waals surface area contributed by atoms with Gasteiger partial charge in [-0.3, -0.25) is 4.72 Å². The van der Waals surface area contributed by atoms with Crippen LogP contribution in [0.15, 0.2) is 46.2 Å². The van der Waals surface area contributed by atoms with E-state index < -0.39 is 41.7 Å².